The van der Waals surface area contributed by atoms with Gasteiger partial charge in [0.15, 0.2) is 0 Å². The first kappa shape index (κ1) is 14.5. The monoisotopic (exact) mass is 232 g/mol. The highest BCUT2D eigenvalue weighted by molar-refractivity contribution is 5.65. The third-order valence-corrected chi connectivity index (χ3v) is 2.46. The van der Waals surface area contributed by atoms with Crippen molar-refractivity contribution in [2.45, 2.75) is 44.6 Å². The maximum Gasteiger partial charge on any atom is 0.405 e. The van der Waals surface area contributed by atoms with Crippen LogP contribution in [-0.2, 0) is 9.47 Å². The number of methoxy groups -OCH3 is 1. The Labute approximate surface area is 95.3 Å². The van der Waals surface area contributed by atoms with Crippen molar-refractivity contribution in [3.05, 3.63) is 0 Å². The molecule has 2 amide bonds. The summed E-state index contributed by atoms with van der Waals surface area (Å²) in [6.07, 6.45) is 4.05. The van der Waals surface area contributed by atoms with Crippen molar-refractivity contribution in [3.63, 3.8) is 0 Å². The van der Waals surface area contributed by atoms with Gasteiger partial charge in [-0.2, -0.15) is 0 Å². The smallest absolute Gasteiger partial charge is 0.405 e. The summed E-state index contributed by atoms with van der Waals surface area (Å²) in [5.41, 5.74) is 9.10. The molecule has 1 aliphatic rings. The third kappa shape index (κ3) is 6.92. The summed E-state index contributed by atoms with van der Waals surface area (Å²) >= 11 is 0. The molecular formula is C10H20N2O4. The second kappa shape index (κ2) is 6.92. The van der Waals surface area contributed by atoms with Gasteiger partial charge < -0.3 is 20.9 Å². The van der Waals surface area contributed by atoms with E-state index in [0.717, 1.165) is 25.7 Å². The molecule has 0 heterocycles. The zero-order valence-electron chi connectivity index (χ0n) is 9.82. The van der Waals surface area contributed by atoms with E-state index < -0.39 is 12.2 Å². The molecule has 94 valence electrons. The van der Waals surface area contributed by atoms with Crippen LogP contribution in [0.2, 0.25) is 0 Å². The predicted octanol–water partition coefficient (Wildman–Crippen LogP) is 1.52. The van der Waals surface area contributed by atoms with Gasteiger partial charge in [-0.25, -0.2) is 9.59 Å². The summed E-state index contributed by atoms with van der Waals surface area (Å²) in [4.78, 5) is 19.8. The van der Waals surface area contributed by atoms with Gasteiger partial charge in [0.1, 0.15) is 5.60 Å². The minimum Gasteiger partial charge on any atom is -0.453 e. The Morgan fingerprint density at radius 3 is 1.81 bits per heavy atom. The molecule has 0 aromatic heterocycles. The number of amides is 2. The number of hydrogen-bond donors (Lipinski definition) is 2. The van der Waals surface area contributed by atoms with Gasteiger partial charge >= 0.3 is 12.2 Å². The molecule has 0 saturated heterocycles. The number of rotatable bonds is 1. The molecule has 6 heteroatoms. The number of ether oxygens (including phenoxy) is 2. The highest BCUT2D eigenvalue weighted by atomic mass is 16.6. The summed E-state index contributed by atoms with van der Waals surface area (Å²) in [5.74, 6) is 0. The standard InChI is InChI=1S/C8H15NO2.C2H5NO2/c1-8(11-7(9)10)5-3-2-4-6-8;1-5-2(3)4/h2-6H2,1H3,(H2,9,10);1H3,(H2,3,4). The van der Waals surface area contributed by atoms with Crippen LogP contribution >= 0.6 is 0 Å². The van der Waals surface area contributed by atoms with E-state index in [9.17, 15) is 9.59 Å². The van der Waals surface area contributed by atoms with Crippen LogP contribution in [0.1, 0.15) is 39.0 Å². The Bertz CT molecular complexity index is 237. The molecule has 6 nitrogen and oxygen atoms in total. The Hall–Kier alpha value is -1.46. The second-order valence-electron chi connectivity index (χ2n) is 3.95. The van der Waals surface area contributed by atoms with E-state index >= 15 is 0 Å². The van der Waals surface area contributed by atoms with Crippen molar-refractivity contribution in [1.82, 2.24) is 0 Å². The van der Waals surface area contributed by atoms with E-state index in [4.69, 9.17) is 10.5 Å². The molecule has 0 radical (unpaired) electrons. The first-order chi connectivity index (χ1) is 7.39. The van der Waals surface area contributed by atoms with Crippen molar-refractivity contribution in [3.8, 4) is 0 Å². The fourth-order valence-corrected chi connectivity index (χ4v) is 1.64. The summed E-state index contributed by atoms with van der Waals surface area (Å²) in [6, 6.07) is 0. The van der Waals surface area contributed by atoms with E-state index in [1.807, 2.05) is 6.92 Å². The maximum absolute atomic E-state index is 10.5. The average molecular weight is 232 g/mol. The van der Waals surface area contributed by atoms with Gasteiger partial charge in [-0.15, -0.1) is 0 Å². The number of hydrogen-bond acceptors (Lipinski definition) is 4. The molecule has 0 aliphatic heterocycles. The summed E-state index contributed by atoms with van der Waals surface area (Å²) < 4.78 is 8.91. The topological polar surface area (TPSA) is 105 Å². The van der Waals surface area contributed by atoms with Crippen molar-refractivity contribution < 1.29 is 19.1 Å². The van der Waals surface area contributed by atoms with Crippen molar-refractivity contribution in [1.29, 1.82) is 0 Å². The average Bonchev–Trinajstić information content (AvgIpc) is 2.17. The molecule has 1 fully saturated rings. The lowest BCUT2D eigenvalue weighted by Crippen LogP contribution is -2.35. The Morgan fingerprint density at radius 2 is 1.50 bits per heavy atom. The second-order valence-corrected chi connectivity index (χ2v) is 3.95. The SMILES string of the molecule is CC1(OC(N)=O)CCCCC1.COC(N)=O. The maximum atomic E-state index is 10.5. The van der Waals surface area contributed by atoms with Crippen LogP contribution < -0.4 is 11.5 Å². The van der Waals surface area contributed by atoms with Gasteiger partial charge in [-0.3, -0.25) is 0 Å². The predicted molar refractivity (Wildman–Crippen MR) is 58.8 cm³/mol. The molecular weight excluding hydrogens is 212 g/mol. The van der Waals surface area contributed by atoms with Crippen LogP contribution in [0.15, 0.2) is 0 Å². The molecule has 4 N–H and O–H groups in total. The summed E-state index contributed by atoms with van der Waals surface area (Å²) in [6.45, 7) is 1.96. The highest BCUT2D eigenvalue weighted by Crippen LogP contribution is 2.30. The first-order valence-electron chi connectivity index (χ1n) is 5.21. The first-order valence-corrected chi connectivity index (χ1v) is 5.21. The molecule has 1 aliphatic carbocycles. The molecule has 0 atom stereocenters. The Morgan fingerprint density at radius 1 is 1.06 bits per heavy atom. The highest BCUT2D eigenvalue weighted by Gasteiger charge is 2.29. The number of carbonyl (C=O) groups is 2. The van der Waals surface area contributed by atoms with Gasteiger partial charge in [0, 0.05) is 0 Å². The molecule has 16 heavy (non-hydrogen) atoms. The van der Waals surface area contributed by atoms with Gasteiger partial charge in [0.05, 0.1) is 7.11 Å². The van der Waals surface area contributed by atoms with Crippen LogP contribution in [0.3, 0.4) is 0 Å². The number of nitrogens with two attached hydrogens (primary N) is 2. The van der Waals surface area contributed by atoms with E-state index in [1.165, 1.54) is 13.5 Å². The normalized spacial score (nSPS) is 17.6. The molecule has 0 spiro atoms. The third-order valence-electron chi connectivity index (χ3n) is 2.46. The van der Waals surface area contributed by atoms with Crippen LogP contribution in [0, 0.1) is 0 Å². The molecule has 1 saturated carbocycles. The number of primary amides is 2. The van der Waals surface area contributed by atoms with Gasteiger partial charge in [0.25, 0.3) is 0 Å². The van der Waals surface area contributed by atoms with Gasteiger partial charge in [-0.1, -0.05) is 6.42 Å². The summed E-state index contributed by atoms with van der Waals surface area (Å²) in [5, 5.41) is 0. The molecule has 0 bridgehead atoms. The largest absolute Gasteiger partial charge is 0.453 e. The Kier molecular flexibility index (Phi) is 6.29. The molecule has 1 rings (SSSR count). The minimum absolute atomic E-state index is 0.274. The fourth-order valence-electron chi connectivity index (χ4n) is 1.64. The fraction of sp³-hybridized carbons (Fsp3) is 0.800. The summed E-state index contributed by atoms with van der Waals surface area (Å²) in [7, 11) is 1.22. The minimum atomic E-state index is -0.745. The molecule has 0 aromatic rings. The van der Waals surface area contributed by atoms with Crippen LogP contribution in [0.5, 0.6) is 0 Å². The van der Waals surface area contributed by atoms with Crippen molar-refractivity contribution in [2.24, 2.45) is 11.5 Å². The Balaban J connectivity index is 0.000000385. The lowest BCUT2D eigenvalue weighted by Gasteiger charge is -2.32. The molecule has 0 unspecified atom stereocenters. The van der Waals surface area contributed by atoms with Gasteiger partial charge in [0.2, 0.25) is 0 Å². The van der Waals surface area contributed by atoms with E-state index in [1.54, 1.807) is 0 Å². The zero-order valence-corrected chi connectivity index (χ0v) is 9.82. The van der Waals surface area contributed by atoms with E-state index in [0.29, 0.717) is 0 Å². The quantitative estimate of drug-likeness (QED) is 0.714. The lowest BCUT2D eigenvalue weighted by molar-refractivity contribution is 0.00303. The van der Waals surface area contributed by atoms with Crippen molar-refractivity contribution >= 4 is 12.2 Å². The molecule has 0 aromatic carbocycles. The van der Waals surface area contributed by atoms with Crippen LogP contribution in [0.4, 0.5) is 9.59 Å². The number of carbonyl (C=O) groups excluding carboxylic acids is 2. The van der Waals surface area contributed by atoms with E-state index in [-0.39, 0.29) is 5.60 Å². The van der Waals surface area contributed by atoms with E-state index in [2.05, 4.69) is 10.5 Å². The van der Waals surface area contributed by atoms with Gasteiger partial charge in [-0.05, 0) is 32.6 Å². The lowest BCUT2D eigenvalue weighted by atomic mass is 9.86. The van der Waals surface area contributed by atoms with Crippen LogP contribution in [0.25, 0.3) is 0 Å². The zero-order chi connectivity index (χ0) is 12.6. The van der Waals surface area contributed by atoms with Crippen molar-refractivity contribution in [2.75, 3.05) is 7.11 Å². The van der Waals surface area contributed by atoms with Crippen LogP contribution in [-0.4, -0.2) is 24.9 Å².